The highest BCUT2D eigenvalue weighted by Crippen LogP contribution is 2.31. The molecule has 6 rings (SSSR count). The molecule has 17 heteroatoms. The van der Waals surface area contributed by atoms with Gasteiger partial charge in [0, 0.05) is 36.3 Å². The van der Waals surface area contributed by atoms with Crippen LogP contribution in [0.15, 0.2) is 97.1 Å². The maximum Gasteiger partial charge on any atom is 0.347 e. The smallest absolute Gasteiger partial charge is 0.347 e. The minimum absolute atomic E-state index is 0.0112. The highest BCUT2D eigenvalue weighted by atomic mass is 32.1. The van der Waals surface area contributed by atoms with Crippen LogP contribution in [0.3, 0.4) is 0 Å². The number of amides is 2. The molecular weight excluding hydrogens is 859 g/mol. The van der Waals surface area contributed by atoms with Gasteiger partial charge in [0.15, 0.2) is 11.2 Å². The van der Waals surface area contributed by atoms with E-state index in [4.69, 9.17) is 19.7 Å². The second-order valence-corrected chi connectivity index (χ2v) is 17.9. The van der Waals surface area contributed by atoms with Gasteiger partial charge in [0.1, 0.15) is 31.3 Å². The molecule has 2 amide bonds. The van der Waals surface area contributed by atoms with Crippen LogP contribution in [0.2, 0.25) is 0 Å². The summed E-state index contributed by atoms with van der Waals surface area (Å²) >= 11 is 2.60. The molecule has 0 unspecified atom stereocenters. The van der Waals surface area contributed by atoms with E-state index in [9.17, 15) is 29.3 Å². The number of ether oxygens (including phenoxy) is 2. The first-order valence-electron chi connectivity index (χ1n) is 20.0. The molecule has 0 spiro atoms. The van der Waals surface area contributed by atoms with Crippen molar-refractivity contribution >= 4 is 52.1 Å². The summed E-state index contributed by atoms with van der Waals surface area (Å²) in [4.78, 5) is 68.1. The van der Waals surface area contributed by atoms with Gasteiger partial charge < -0.3 is 30.3 Å². The standard InChI is InChI=1S/C25H28N2O4S.C22H21N3O6S/c1-15(2)18-8-10-19(11-9-18)23-27-16(3)21(32-23)22(28)26-14-17-6-12-20(13-7-17)31-25(4,5)24(29)30;1-13-18(32-20(24-13)15-6-8-16(9-7-15)25(29)30)19(26)23-12-14-4-10-17(11-5-14)31-22(2,3)21(27)28/h6-13,15H,14H2,1-5H3,(H,26,28)(H,29,30);4-11H,12H2,1-3H3,(H,23,26)(H,27,28). The Morgan fingerprint density at radius 1 is 0.641 bits per heavy atom. The largest absolute Gasteiger partial charge is 0.478 e. The van der Waals surface area contributed by atoms with Crippen LogP contribution >= 0.6 is 22.7 Å². The number of nitrogens with zero attached hydrogens (tertiary/aromatic N) is 3. The number of carboxylic acid groups (broad SMARTS) is 2. The van der Waals surface area contributed by atoms with E-state index >= 15 is 0 Å². The van der Waals surface area contributed by atoms with Gasteiger partial charge in [0.25, 0.3) is 17.5 Å². The first kappa shape index (κ1) is 48.1. The molecule has 0 atom stereocenters. The van der Waals surface area contributed by atoms with Crippen molar-refractivity contribution in [2.75, 3.05) is 0 Å². The number of hydrogen-bond donors (Lipinski definition) is 4. The Hall–Kier alpha value is -6.98. The van der Waals surface area contributed by atoms with Crippen molar-refractivity contribution in [1.82, 2.24) is 20.6 Å². The topological polar surface area (TPSA) is 220 Å². The second-order valence-electron chi connectivity index (χ2n) is 15.9. The molecule has 0 aliphatic rings. The minimum Gasteiger partial charge on any atom is -0.478 e. The molecule has 0 radical (unpaired) electrons. The highest BCUT2D eigenvalue weighted by Gasteiger charge is 2.30. The average Bonchev–Trinajstić information content (AvgIpc) is 3.85. The van der Waals surface area contributed by atoms with Crippen molar-refractivity contribution in [3.8, 4) is 32.6 Å². The van der Waals surface area contributed by atoms with Gasteiger partial charge in [-0.1, -0.05) is 62.4 Å². The third-order valence-electron chi connectivity index (χ3n) is 9.68. The van der Waals surface area contributed by atoms with Crippen LogP contribution in [-0.2, 0) is 22.7 Å². The number of rotatable bonds is 16. The third kappa shape index (κ3) is 12.6. The Bertz CT molecular complexity index is 2620. The number of hydrogen-bond acceptors (Lipinski definition) is 12. The number of nitrogens with one attached hydrogen (secondary N) is 2. The van der Waals surface area contributed by atoms with Crippen LogP contribution in [0.5, 0.6) is 11.5 Å². The van der Waals surface area contributed by atoms with E-state index in [0.717, 1.165) is 21.7 Å². The maximum absolute atomic E-state index is 12.7. The summed E-state index contributed by atoms with van der Waals surface area (Å²) in [5.74, 6) is -1.21. The molecule has 6 aromatic rings. The normalized spacial score (nSPS) is 11.3. The molecule has 64 heavy (non-hydrogen) atoms. The van der Waals surface area contributed by atoms with Crippen LogP contribution in [0.1, 0.15) is 94.9 Å². The van der Waals surface area contributed by atoms with Crippen molar-refractivity contribution in [2.45, 2.75) is 85.6 Å². The Labute approximate surface area is 378 Å². The Morgan fingerprint density at radius 2 is 1.00 bits per heavy atom. The van der Waals surface area contributed by atoms with E-state index in [1.165, 1.54) is 68.1 Å². The Balaban J connectivity index is 0.000000241. The summed E-state index contributed by atoms with van der Waals surface area (Å²) in [7, 11) is 0. The summed E-state index contributed by atoms with van der Waals surface area (Å²) in [6, 6.07) is 28.1. The summed E-state index contributed by atoms with van der Waals surface area (Å²) < 4.78 is 11.0. The van der Waals surface area contributed by atoms with Gasteiger partial charge in [-0.15, -0.1) is 22.7 Å². The summed E-state index contributed by atoms with van der Waals surface area (Å²) in [5, 5.41) is 36.3. The van der Waals surface area contributed by atoms with E-state index < -0.39 is 28.1 Å². The van der Waals surface area contributed by atoms with Crippen LogP contribution in [-0.4, -0.2) is 60.1 Å². The van der Waals surface area contributed by atoms with Gasteiger partial charge in [-0.2, -0.15) is 0 Å². The number of carboxylic acids is 2. The van der Waals surface area contributed by atoms with E-state index in [1.54, 1.807) is 67.6 Å². The number of aromatic nitrogens is 2. The predicted octanol–water partition coefficient (Wildman–Crippen LogP) is 9.61. The lowest BCUT2D eigenvalue weighted by Gasteiger charge is -2.21. The molecule has 2 heterocycles. The Morgan fingerprint density at radius 3 is 1.33 bits per heavy atom. The first-order valence-corrected chi connectivity index (χ1v) is 21.7. The van der Waals surface area contributed by atoms with Gasteiger partial charge in [-0.25, -0.2) is 19.6 Å². The first-order chi connectivity index (χ1) is 30.1. The zero-order chi connectivity index (χ0) is 46.9. The quantitative estimate of drug-likeness (QED) is 0.0527. The molecule has 15 nitrogen and oxygen atoms in total. The lowest BCUT2D eigenvalue weighted by atomic mass is 10.0. The fraction of sp³-hybridized carbons (Fsp3) is 0.277. The van der Waals surface area contributed by atoms with Crippen molar-refractivity contribution in [2.24, 2.45) is 0 Å². The molecule has 2 aromatic heterocycles. The van der Waals surface area contributed by atoms with E-state index in [0.29, 0.717) is 55.7 Å². The van der Waals surface area contributed by atoms with Crippen molar-refractivity contribution in [3.63, 3.8) is 0 Å². The molecule has 0 bridgehead atoms. The van der Waals surface area contributed by atoms with E-state index in [-0.39, 0.29) is 24.0 Å². The third-order valence-corrected chi connectivity index (χ3v) is 12.1. The zero-order valence-electron chi connectivity index (χ0n) is 36.5. The van der Waals surface area contributed by atoms with E-state index in [2.05, 4.69) is 46.6 Å². The number of carbonyl (C=O) groups excluding carboxylic acids is 2. The fourth-order valence-electron chi connectivity index (χ4n) is 5.75. The molecule has 0 aliphatic heterocycles. The molecule has 0 saturated heterocycles. The van der Waals surface area contributed by atoms with Crippen LogP contribution in [0.25, 0.3) is 21.1 Å². The van der Waals surface area contributed by atoms with E-state index in [1.807, 2.05) is 19.1 Å². The van der Waals surface area contributed by atoms with Crippen LogP contribution in [0, 0.1) is 24.0 Å². The number of nitro benzene ring substituents is 1. The fourth-order valence-corrected chi connectivity index (χ4v) is 7.73. The lowest BCUT2D eigenvalue weighted by molar-refractivity contribution is -0.384. The zero-order valence-corrected chi connectivity index (χ0v) is 38.2. The van der Waals surface area contributed by atoms with Crippen molar-refractivity contribution < 1.29 is 43.8 Å². The summed E-state index contributed by atoms with van der Waals surface area (Å²) in [5.41, 5.74) is 3.26. The van der Waals surface area contributed by atoms with Crippen LogP contribution in [0.4, 0.5) is 5.69 Å². The maximum atomic E-state index is 12.7. The molecular formula is C47H49N5O10S2. The highest BCUT2D eigenvalue weighted by molar-refractivity contribution is 7.17. The number of carbonyl (C=O) groups is 4. The minimum atomic E-state index is -1.35. The van der Waals surface area contributed by atoms with Gasteiger partial charge >= 0.3 is 11.9 Å². The molecule has 0 aliphatic carbocycles. The number of aliphatic carboxylic acids is 2. The Kier molecular flexibility index (Phi) is 15.4. The molecule has 0 saturated carbocycles. The second kappa shape index (κ2) is 20.5. The van der Waals surface area contributed by atoms with Crippen molar-refractivity contribution in [1.29, 1.82) is 0 Å². The number of non-ortho nitro benzene ring substituents is 1. The number of nitro groups is 1. The molecule has 4 aromatic carbocycles. The molecule has 334 valence electrons. The van der Waals surface area contributed by atoms with Gasteiger partial charge in [-0.3, -0.25) is 19.7 Å². The SMILES string of the molecule is Cc1nc(-c2ccc(C(C)C)cc2)sc1C(=O)NCc1ccc(OC(C)(C)C(=O)O)cc1.Cc1nc(-c2ccc([N+](=O)[O-])cc2)sc1C(=O)NCc1ccc(OC(C)(C)C(=O)O)cc1. The lowest BCUT2D eigenvalue weighted by Crippen LogP contribution is -2.37. The van der Waals surface area contributed by atoms with Crippen LogP contribution < -0.4 is 20.1 Å². The number of thiazole rings is 2. The molecule has 4 N–H and O–H groups in total. The van der Waals surface area contributed by atoms with Gasteiger partial charge in [0.05, 0.1) is 16.3 Å². The van der Waals surface area contributed by atoms with Crippen molar-refractivity contribution in [3.05, 3.63) is 145 Å². The van der Waals surface area contributed by atoms with Gasteiger partial charge in [-0.05, 0) is 101 Å². The number of benzene rings is 4. The monoisotopic (exact) mass is 907 g/mol. The molecule has 0 fully saturated rings. The summed E-state index contributed by atoms with van der Waals surface area (Å²) in [6.07, 6.45) is 0. The number of aryl methyl sites for hydroxylation is 2. The summed E-state index contributed by atoms with van der Waals surface area (Å²) in [6.45, 7) is 14.4. The predicted molar refractivity (Wildman–Crippen MR) is 245 cm³/mol. The van der Waals surface area contributed by atoms with Gasteiger partial charge in [0.2, 0.25) is 0 Å². The average molecular weight is 908 g/mol.